The third-order valence-electron chi connectivity index (χ3n) is 4.39. The average Bonchev–Trinajstić information content (AvgIpc) is 2.65. The number of nitrogen functional groups attached to an aromatic ring is 1. The van der Waals surface area contributed by atoms with Gasteiger partial charge in [0.05, 0.1) is 22.3 Å². The molecule has 1 atom stereocenters. The van der Waals surface area contributed by atoms with Gasteiger partial charge in [0.15, 0.2) is 5.75 Å². The standard InChI is InChI=1S/C19H17F3N4O3S/c1-9-5-11-7-10(2)17(18(27)16(11)14(6-9)24-23)26-25-12-3-4-15(30(28)29)13(8-12)19(20,21)22/h3-8,24,27H,23H2,1-2H3,(H,28,29)/p-1. The molecule has 0 amide bonds. The molecule has 0 spiro atoms. The lowest BCUT2D eigenvalue weighted by Gasteiger charge is -2.15. The van der Waals surface area contributed by atoms with Gasteiger partial charge in [-0.3, -0.25) is 10.1 Å². The Labute approximate surface area is 171 Å². The van der Waals surface area contributed by atoms with E-state index in [9.17, 15) is 27.0 Å². The third kappa shape index (κ3) is 4.13. The number of alkyl halides is 3. The molecule has 0 heterocycles. The molecule has 0 fully saturated rings. The van der Waals surface area contributed by atoms with Gasteiger partial charge in [0.1, 0.15) is 5.69 Å². The van der Waals surface area contributed by atoms with Crippen molar-refractivity contribution in [1.82, 2.24) is 0 Å². The van der Waals surface area contributed by atoms with E-state index in [0.29, 0.717) is 28.1 Å². The largest absolute Gasteiger partial charge is 0.768 e. The van der Waals surface area contributed by atoms with Crippen molar-refractivity contribution in [3.8, 4) is 5.75 Å². The minimum absolute atomic E-state index is 0.0490. The molecular formula is C19H16F3N4O3S-. The molecule has 158 valence electrons. The second kappa shape index (κ2) is 8.01. The number of anilines is 1. The number of azo groups is 1. The van der Waals surface area contributed by atoms with Crippen LogP contribution < -0.4 is 11.3 Å². The zero-order chi connectivity index (χ0) is 22.2. The second-order valence-electron chi connectivity index (χ2n) is 6.56. The van der Waals surface area contributed by atoms with Gasteiger partial charge in [-0.2, -0.15) is 18.3 Å². The normalized spacial score (nSPS) is 13.2. The zero-order valence-electron chi connectivity index (χ0n) is 15.7. The number of hydrazine groups is 1. The van der Waals surface area contributed by atoms with Crippen molar-refractivity contribution in [2.24, 2.45) is 16.1 Å². The van der Waals surface area contributed by atoms with Crippen LogP contribution in [0.25, 0.3) is 10.8 Å². The molecule has 3 aromatic rings. The summed E-state index contributed by atoms with van der Waals surface area (Å²) in [6, 6.07) is 7.76. The predicted molar refractivity (Wildman–Crippen MR) is 106 cm³/mol. The van der Waals surface area contributed by atoms with Crippen LogP contribution in [-0.2, 0) is 17.3 Å². The van der Waals surface area contributed by atoms with E-state index < -0.39 is 27.7 Å². The molecule has 0 aliphatic heterocycles. The first-order valence-electron chi connectivity index (χ1n) is 8.48. The summed E-state index contributed by atoms with van der Waals surface area (Å²) in [5.41, 5.74) is 2.85. The van der Waals surface area contributed by atoms with Crippen molar-refractivity contribution in [2.75, 3.05) is 5.43 Å². The summed E-state index contributed by atoms with van der Waals surface area (Å²) >= 11 is -3.07. The van der Waals surface area contributed by atoms with E-state index in [1.54, 1.807) is 19.1 Å². The minimum Gasteiger partial charge on any atom is -0.768 e. The Bertz CT molecular complexity index is 1200. The summed E-state index contributed by atoms with van der Waals surface area (Å²) in [6.45, 7) is 3.52. The Morgan fingerprint density at radius 3 is 2.43 bits per heavy atom. The van der Waals surface area contributed by atoms with E-state index in [0.717, 1.165) is 17.7 Å². The summed E-state index contributed by atoms with van der Waals surface area (Å²) in [5, 5.41) is 19.5. The lowest BCUT2D eigenvalue weighted by atomic mass is 10.0. The smallest absolute Gasteiger partial charge is 0.417 e. The number of aryl methyl sites for hydroxylation is 2. The number of hydrogen-bond donors (Lipinski definition) is 3. The van der Waals surface area contributed by atoms with E-state index in [2.05, 4.69) is 15.7 Å². The third-order valence-corrected chi connectivity index (χ3v) is 5.10. The number of benzene rings is 3. The minimum atomic E-state index is -4.89. The van der Waals surface area contributed by atoms with Crippen LogP contribution >= 0.6 is 0 Å². The maximum Gasteiger partial charge on any atom is 0.417 e. The molecule has 0 saturated heterocycles. The molecule has 0 aliphatic rings. The van der Waals surface area contributed by atoms with Crippen molar-refractivity contribution in [3.63, 3.8) is 0 Å². The van der Waals surface area contributed by atoms with Gasteiger partial charge in [-0.25, -0.2) is 0 Å². The average molecular weight is 437 g/mol. The molecule has 7 nitrogen and oxygen atoms in total. The quantitative estimate of drug-likeness (QED) is 0.226. The summed E-state index contributed by atoms with van der Waals surface area (Å²) in [6.07, 6.45) is -4.89. The fourth-order valence-electron chi connectivity index (χ4n) is 3.09. The zero-order valence-corrected chi connectivity index (χ0v) is 16.6. The van der Waals surface area contributed by atoms with E-state index in [-0.39, 0.29) is 17.1 Å². The Hall–Kier alpha value is -3.02. The Balaban J connectivity index is 2.13. The van der Waals surface area contributed by atoms with Crippen molar-refractivity contribution < 1.29 is 27.0 Å². The number of rotatable bonds is 4. The topological polar surface area (TPSA) is 123 Å². The SMILES string of the molecule is Cc1cc(NN)c2c(O)c(N=Nc3ccc(S(=O)[O-])c(C(F)(F)F)c3)c(C)cc2c1. The first-order chi connectivity index (χ1) is 14.0. The van der Waals surface area contributed by atoms with Gasteiger partial charge in [0.25, 0.3) is 0 Å². The Morgan fingerprint density at radius 1 is 1.13 bits per heavy atom. The van der Waals surface area contributed by atoms with Gasteiger partial charge < -0.3 is 15.1 Å². The van der Waals surface area contributed by atoms with Crippen molar-refractivity contribution >= 4 is 38.9 Å². The lowest BCUT2D eigenvalue weighted by molar-refractivity contribution is -0.139. The molecule has 4 N–H and O–H groups in total. The molecule has 3 rings (SSSR count). The number of fused-ring (bicyclic) bond motifs is 1. The van der Waals surface area contributed by atoms with Crippen LogP contribution in [0.1, 0.15) is 16.7 Å². The second-order valence-corrected chi connectivity index (χ2v) is 7.47. The molecule has 0 saturated carbocycles. The van der Waals surface area contributed by atoms with Crippen LogP contribution in [0, 0.1) is 13.8 Å². The number of halogens is 3. The van der Waals surface area contributed by atoms with Gasteiger partial charge in [0.2, 0.25) is 0 Å². The van der Waals surface area contributed by atoms with Gasteiger partial charge in [0, 0.05) is 4.90 Å². The molecule has 0 aliphatic carbocycles. The highest BCUT2D eigenvalue weighted by atomic mass is 32.2. The Kier molecular flexibility index (Phi) is 5.79. The maximum atomic E-state index is 13.2. The van der Waals surface area contributed by atoms with Crippen LogP contribution in [-0.4, -0.2) is 13.9 Å². The highest BCUT2D eigenvalue weighted by Crippen LogP contribution is 2.43. The summed E-state index contributed by atoms with van der Waals surface area (Å²) in [7, 11) is 0. The number of phenols is 1. The number of nitrogens with two attached hydrogens (primary N) is 1. The number of hydrogen-bond acceptors (Lipinski definition) is 7. The van der Waals surface area contributed by atoms with Crippen LogP contribution in [0.5, 0.6) is 5.75 Å². The highest BCUT2D eigenvalue weighted by Gasteiger charge is 2.34. The van der Waals surface area contributed by atoms with Crippen LogP contribution in [0.15, 0.2) is 51.5 Å². The predicted octanol–water partition coefficient (Wildman–Crippen LogP) is 5.12. The summed E-state index contributed by atoms with van der Waals surface area (Å²) in [5.74, 6) is 5.29. The summed E-state index contributed by atoms with van der Waals surface area (Å²) in [4.78, 5) is -0.889. The van der Waals surface area contributed by atoms with E-state index in [1.807, 2.05) is 13.0 Å². The highest BCUT2D eigenvalue weighted by molar-refractivity contribution is 7.79. The van der Waals surface area contributed by atoms with Gasteiger partial charge in [-0.15, -0.1) is 5.11 Å². The molecule has 1 unspecified atom stereocenters. The maximum absolute atomic E-state index is 13.2. The number of phenolic OH excluding ortho intramolecular Hbond substituents is 1. The molecule has 0 bridgehead atoms. The fourth-order valence-corrected chi connectivity index (χ4v) is 3.63. The molecule has 11 heteroatoms. The number of nitrogens with zero attached hydrogens (tertiary/aromatic N) is 2. The molecule has 3 aromatic carbocycles. The van der Waals surface area contributed by atoms with Crippen molar-refractivity contribution in [1.29, 1.82) is 0 Å². The molecule has 0 radical (unpaired) electrons. The van der Waals surface area contributed by atoms with E-state index in [1.165, 1.54) is 0 Å². The Morgan fingerprint density at radius 2 is 1.83 bits per heavy atom. The first kappa shape index (κ1) is 21.7. The van der Waals surface area contributed by atoms with Gasteiger partial charge in [-0.05, 0) is 71.8 Å². The van der Waals surface area contributed by atoms with Gasteiger partial charge >= 0.3 is 6.18 Å². The van der Waals surface area contributed by atoms with Crippen LogP contribution in [0.2, 0.25) is 0 Å². The van der Waals surface area contributed by atoms with E-state index in [4.69, 9.17) is 5.84 Å². The van der Waals surface area contributed by atoms with Gasteiger partial charge in [-0.1, -0.05) is 6.07 Å². The first-order valence-corrected chi connectivity index (χ1v) is 9.56. The van der Waals surface area contributed by atoms with Crippen LogP contribution in [0.3, 0.4) is 0 Å². The van der Waals surface area contributed by atoms with Crippen LogP contribution in [0.4, 0.5) is 30.2 Å². The van der Waals surface area contributed by atoms with Crippen molar-refractivity contribution in [2.45, 2.75) is 24.9 Å². The molecule has 30 heavy (non-hydrogen) atoms. The number of nitrogens with one attached hydrogen (secondary N) is 1. The lowest BCUT2D eigenvalue weighted by Crippen LogP contribution is -2.09. The summed E-state index contributed by atoms with van der Waals surface area (Å²) < 4.78 is 61.6. The monoisotopic (exact) mass is 437 g/mol. The fraction of sp³-hybridized carbons (Fsp3) is 0.158. The van der Waals surface area contributed by atoms with Crippen molar-refractivity contribution in [3.05, 3.63) is 53.1 Å². The van der Waals surface area contributed by atoms with E-state index >= 15 is 0 Å². The molecular weight excluding hydrogens is 421 g/mol. The number of aromatic hydroxyl groups is 1. The molecule has 0 aromatic heterocycles.